The number of nitrogens with zero attached hydrogens (tertiary/aromatic N) is 4. The standard InChI is InChI=1S/C18H17N5O3/c1-4-9-26-16(24)14-11(2)20-17-21-22(3)18(25)23(17)15(14)13-7-5-12(10-19)6-8-13/h4-8,15H,1,9H2,2-3H3,(H,20,21). The van der Waals surface area contributed by atoms with E-state index in [1.54, 1.807) is 31.2 Å². The predicted molar refractivity (Wildman–Crippen MR) is 94.2 cm³/mol. The van der Waals surface area contributed by atoms with E-state index in [9.17, 15) is 9.59 Å². The summed E-state index contributed by atoms with van der Waals surface area (Å²) in [5, 5.41) is 16.2. The highest BCUT2D eigenvalue weighted by molar-refractivity contribution is 5.92. The number of ether oxygens (including phenoxy) is 1. The van der Waals surface area contributed by atoms with Crippen LogP contribution in [0.5, 0.6) is 0 Å². The van der Waals surface area contributed by atoms with Crippen molar-refractivity contribution in [2.45, 2.75) is 13.0 Å². The maximum absolute atomic E-state index is 12.6. The molecule has 0 aliphatic carbocycles. The highest BCUT2D eigenvalue weighted by Gasteiger charge is 2.35. The molecule has 0 amide bonds. The van der Waals surface area contributed by atoms with Gasteiger partial charge in [-0.1, -0.05) is 24.8 Å². The Morgan fingerprint density at radius 1 is 1.46 bits per heavy atom. The fraction of sp³-hybridized carbons (Fsp3) is 0.222. The SMILES string of the molecule is C=CCOC(=O)C1=C(C)Nc2nn(C)c(=O)n2C1c1ccc(C#N)cc1. The van der Waals surface area contributed by atoms with Gasteiger partial charge < -0.3 is 10.1 Å². The number of rotatable bonds is 4. The minimum absolute atomic E-state index is 0.0600. The molecule has 1 atom stereocenters. The molecular weight excluding hydrogens is 334 g/mol. The van der Waals surface area contributed by atoms with Crippen LogP contribution in [0.2, 0.25) is 0 Å². The van der Waals surface area contributed by atoms with Crippen LogP contribution in [0, 0.1) is 11.3 Å². The zero-order valence-electron chi connectivity index (χ0n) is 14.4. The van der Waals surface area contributed by atoms with Gasteiger partial charge in [-0.2, -0.15) is 5.26 Å². The van der Waals surface area contributed by atoms with Crippen molar-refractivity contribution < 1.29 is 9.53 Å². The predicted octanol–water partition coefficient (Wildman–Crippen LogP) is 1.47. The largest absolute Gasteiger partial charge is 0.458 e. The van der Waals surface area contributed by atoms with E-state index in [0.29, 0.717) is 28.3 Å². The monoisotopic (exact) mass is 351 g/mol. The van der Waals surface area contributed by atoms with Crippen molar-refractivity contribution in [3.8, 4) is 6.07 Å². The van der Waals surface area contributed by atoms with Crippen LogP contribution < -0.4 is 11.0 Å². The van der Waals surface area contributed by atoms with Gasteiger partial charge >= 0.3 is 11.7 Å². The second-order valence-corrected chi connectivity index (χ2v) is 5.79. The maximum atomic E-state index is 12.6. The van der Waals surface area contributed by atoms with E-state index >= 15 is 0 Å². The highest BCUT2D eigenvalue weighted by atomic mass is 16.5. The van der Waals surface area contributed by atoms with Crippen LogP contribution in [0.15, 0.2) is 53.0 Å². The zero-order chi connectivity index (χ0) is 18.8. The molecule has 1 unspecified atom stereocenters. The van der Waals surface area contributed by atoms with Crippen LogP contribution in [0.4, 0.5) is 5.95 Å². The lowest BCUT2D eigenvalue weighted by Crippen LogP contribution is -2.35. The Labute approximate surface area is 149 Å². The second kappa shape index (κ2) is 6.72. The van der Waals surface area contributed by atoms with Crippen LogP contribution in [-0.2, 0) is 16.6 Å². The number of anilines is 1. The number of fused-ring (bicyclic) bond motifs is 1. The van der Waals surface area contributed by atoms with Gasteiger partial charge in [0, 0.05) is 12.7 Å². The number of nitrogens with one attached hydrogen (secondary N) is 1. The Hall–Kier alpha value is -3.60. The summed E-state index contributed by atoms with van der Waals surface area (Å²) in [5.74, 6) is -0.213. The Bertz CT molecular complexity index is 1000. The van der Waals surface area contributed by atoms with Gasteiger partial charge in [0.15, 0.2) is 0 Å². The summed E-state index contributed by atoms with van der Waals surface area (Å²) in [6, 6.07) is 8.05. The number of benzene rings is 1. The van der Waals surface area contributed by atoms with Crippen molar-refractivity contribution >= 4 is 11.9 Å². The summed E-state index contributed by atoms with van der Waals surface area (Å²) in [6.45, 7) is 5.32. The molecule has 132 valence electrons. The maximum Gasteiger partial charge on any atom is 0.347 e. The number of allylic oxidation sites excluding steroid dienone is 1. The first-order valence-corrected chi connectivity index (χ1v) is 7.89. The molecule has 0 radical (unpaired) electrons. The van der Waals surface area contributed by atoms with Crippen LogP contribution in [0.1, 0.15) is 24.1 Å². The molecular formula is C18H17N5O3. The number of esters is 1. The van der Waals surface area contributed by atoms with E-state index in [1.165, 1.54) is 22.4 Å². The fourth-order valence-electron chi connectivity index (χ4n) is 2.90. The average Bonchev–Trinajstić information content (AvgIpc) is 2.92. The zero-order valence-corrected chi connectivity index (χ0v) is 14.4. The summed E-state index contributed by atoms with van der Waals surface area (Å²) in [6.07, 6.45) is 1.47. The molecule has 3 rings (SSSR count). The molecule has 1 N–H and O–H groups in total. The smallest absolute Gasteiger partial charge is 0.347 e. The van der Waals surface area contributed by atoms with Gasteiger partial charge in [-0.25, -0.2) is 18.8 Å². The van der Waals surface area contributed by atoms with Gasteiger partial charge in [-0.15, -0.1) is 5.10 Å². The van der Waals surface area contributed by atoms with Crippen molar-refractivity contribution in [1.82, 2.24) is 14.3 Å². The van der Waals surface area contributed by atoms with Gasteiger partial charge in [0.1, 0.15) is 12.6 Å². The lowest BCUT2D eigenvalue weighted by molar-refractivity contribution is -0.138. The molecule has 0 bridgehead atoms. The molecule has 1 aliphatic heterocycles. The number of carbonyl (C=O) groups is 1. The molecule has 2 aromatic rings. The first-order chi connectivity index (χ1) is 12.5. The normalized spacial score (nSPS) is 15.7. The van der Waals surface area contributed by atoms with Crippen molar-refractivity contribution in [1.29, 1.82) is 5.26 Å². The third-order valence-electron chi connectivity index (χ3n) is 4.10. The van der Waals surface area contributed by atoms with E-state index in [2.05, 4.69) is 23.1 Å². The lowest BCUT2D eigenvalue weighted by Gasteiger charge is -2.28. The topological polar surface area (TPSA) is 102 Å². The van der Waals surface area contributed by atoms with Crippen LogP contribution in [-0.4, -0.2) is 26.9 Å². The van der Waals surface area contributed by atoms with Crippen molar-refractivity contribution in [3.63, 3.8) is 0 Å². The lowest BCUT2D eigenvalue weighted by atomic mass is 9.94. The van der Waals surface area contributed by atoms with Crippen molar-refractivity contribution in [2.24, 2.45) is 7.05 Å². The Balaban J connectivity index is 2.19. The third-order valence-corrected chi connectivity index (χ3v) is 4.10. The number of nitriles is 1. The van der Waals surface area contributed by atoms with Crippen molar-refractivity contribution in [2.75, 3.05) is 11.9 Å². The number of hydrogen-bond acceptors (Lipinski definition) is 6. The quantitative estimate of drug-likeness (QED) is 0.661. The molecule has 0 spiro atoms. The van der Waals surface area contributed by atoms with E-state index in [-0.39, 0.29) is 12.3 Å². The molecule has 8 heteroatoms. The van der Waals surface area contributed by atoms with Crippen LogP contribution in [0.25, 0.3) is 0 Å². The van der Waals surface area contributed by atoms with Crippen LogP contribution in [0.3, 0.4) is 0 Å². The summed E-state index contributed by atoms with van der Waals surface area (Å²) >= 11 is 0. The minimum atomic E-state index is -0.711. The summed E-state index contributed by atoms with van der Waals surface area (Å²) in [5.41, 5.74) is 1.64. The average molecular weight is 351 g/mol. The highest BCUT2D eigenvalue weighted by Crippen LogP contribution is 2.34. The van der Waals surface area contributed by atoms with E-state index in [4.69, 9.17) is 10.00 Å². The van der Waals surface area contributed by atoms with E-state index < -0.39 is 12.0 Å². The molecule has 8 nitrogen and oxygen atoms in total. The number of aromatic nitrogens is 3. The summed E-state index contributed by atoms with van der Waals surface area (Å²) in [7, 11) is 1.54. The van der Waals surface area contributed by atoms with E-state index in [1.807, 2.05) is 0 Å². The van der Waals surface area contributed by atoms with Crippen LogP contribution >= 0.6 is 0 Å². The molecule has 0 saturated heterocycles. The van der Waals surface area contributed by atoms with Crippen molar-refractivity contribution in [3.05, 3.63) is 69.8 Å². The van der Waals surface area contributed by atoms with E-state index in [0.717, 1.165) is 0 Å². The fourth-order valence-corrected chi connectivity index (χ4v) is 2.90. The first kappa shape index (κ1) is 17.2. The molecule has 0 saturated carbocycles. The number of hydrogen-bond donors (Lipinski definition) is 1. The Kier molecular flexibility index (Phi) is 4.45. The Morgan fingerprint density at radius 2 is 2.15 bits per heavy atom. The Morgan fingerprint density at radius 3 is 2.77 bits per heavy atom. The minimum Gasteiger partial charge on any atom is -0.458 e. The molecule has 1 aromatic carbocycles. The molecule has 1 aliphatic rings. The number of carbonyl (C=O) groups excluding carboxylic acids is 1. The molecule has 1 aromatic heterocycles. The molecule has 2 heterocycles. The first-order valence-electron chi connectivity index (χ1n) is 7.89. The van der Waals surface area contributed by atoms with Gasteiger partial charge in [-0.05, 0) is 24.6 Å². The molecule has 0 fully saturated rings. The third kappa shape index (κ3) is 2.80. The van der Waals surface area contributed by atoms with Gasteiger partial charge in [0.05, 0.1) is 17.2 Å². The van der Waals surface area contributed by atoms with Gasteiger partial charge in [0.2, 0.25) is 5.95 Å². The summed E-state index contributed by atoms with van der Waals surface area (Å²) in [4.78, 5) is 25.2. The van der Waals surface area contributed by atoms with Gasteiger partial charge in [0.25, 0.3) is 0 Å². The van der Waals surface area contributed by atoms with Gasteiger partial charge in [-0.3, -0.25) is 0 Å². The second-order valence-electron chi connectivity index (χ2n) is 5.79. The summed E-state index contributed by atoms with van der Waals surface area (Å²) < 4.78 is 7.81. The molecule has 26 heavy (non-hydrogen) atoms. The number of aryl methyl sites for hydroxylation is 1.